The van der Waals surface area contributed by atoms with Gasteiger partial charge in [0.1, 0.15) is 5.82 Å². The Hall–Kier alpha value is -1.39. The van der Waals surface area contributed by atoms with Gasteiger partial charge in [0, 0.05) is 23.9 Å². The number of ether oxygens (including phenoxy) is 1. The van der Waals surface area contributed by atoms with E-state index in [0.717, 1.165) is 36.3 Å². The van der Waals surface area contributed by atoms with E-state index in [2.05, 4.69) is 56.6 Å². The molecule has 1 atom stereocenters. The van der Waals surface area contributed by atoms with Gasteiger partial charge >= 0.3 is 0 Å². The lowest BCUT2D eigenvalue weighted by Crippen LogP contribution is -2.27. The maximum atomic E-state index is 5.50. The van der Waals surface area contributed by atoms with Crippen molar-refractivity contribution >= 4 is 21.7 Å². The normalized spacial score (nSPS) is 17.4. The molecular weight excluding hydrogens is 328 g/mol. The van der Waals surface area contributed by atoms with Gasteiger partial charge in [0.05, 0.1) is 6.04 Å². The van der Waals surface area contributed by atoms with E-state index in [1.54, 1.807) is 0 Å². The molecule has 4 heteroatoms. The van der Waals surface area contributed by atoms with Crippen LogP contribution in [0.3, 0.4) is 0 Å². The van der Waals surface area contributed by atoms with Gasteiger partial charge in [-0.25, -0.2) is 4.98 Å². The Morgan fingerprint density at radius 2 is 1.90 bits per heavy atom. The molecule has 3 nitrogen and oxygen atoms in total. The van der Waals surface area contributed by atoms with Gasteiger partial charge in [-0.2, -0.15) is 0 Å². The van der Waals surface area contributed by atoms with Gasteiger partial charge in [0.15, 0.2) is 0 Å². The van der Waals surface area contributed by atoms with Gasteiger partial charge in [-0.05, 0) is 36.5 Å². The van der Waals surface area contributed by atoms with Crippen LogP contribution in [0.2, 0.25) is 0 Å². The van der Waals surface area contributed by atoms with Crippen molar-refractivity contribution in [1.82, 2.24) is 4.98 Å². The van der Waals surface area contributed by atoms with Crippen LogP contribution < -0.4 is 5.32 Å². The second kappa shape index (κ2) is 7.05. The van der Waals surface area contributed by atoms with Gasteiger partial charge in [0.25, 0.3) is 0 Å². The maximum absolute atomic E-state index is 5.50. The molecule has 1 unspecified atom stereocenters. The van der Waals surface area contributed by atoms with E-state index < -0.39 is 0 Å². The van der Waals surface area contributed by atoms with Crippen LogP contribution >= 0.6 is 15.9 Å². The van der Waals surface area contributed by atoms with Crippen molar-refractivity contribution in [3.8, 4) is 0 Å². The van der Waals surface area contributed by atoms with E-state index in [9.17, 15) is 0 Å². The van der Waals surface area contributed by atoms with Gasteiger partial charge < -0.3 is 10.1 Å². The molecule has 0 spiro atoms. The van der Waals surface area contributed by atoms with Crippen molar-refractivity contribution in [2.24, 2.45) is 5.92 Å². The summed E-state index contributed by atoms with van der Waals surface area (Å²) < 4.78 is 6.54. The fourth-order valence-corrected chi connectivity index (χ4v) is 3.16. The third-order valence-corrected chi connectivity index (χ3v) is 4.41. The SMILES string of the molecule is Brc1ccnc(NC(c2ccccc2)C2CCOCC2)c1. The van der Waals surface area contributed by atoms with Crippen molar-refractivity contribution in [1.29, 1.82) is 0 Å². The van der Waals surface area contributed by atoms with E-state index in [-0.39, 0.29) is 6.04 Å². The molecule has 21 heavy (non-hydrogen) atoms. The number of hydrogen-bond donors (Lipinski definition) is 1. The number of nitrogens with zero attached hydrogens (tertiary/aromatic N) is 1. The summed E-state index contributed by atoms with van der Waals surface area (Å²) in [6, 6.07) is 14.9. The first kappa shape index (κ1) is 14.5. The third-order valence-electron chi connectivity index (χ3n) is 3.92. The smallest absolute Gasteiger partial charge is 0.127 e. The van der Waals surface area contributed by atoms with E-state index in [4.69, 9.17) is 4.74 Å². The van der Waals surface area contributed by atoms with Crippen LogP contribution in [0.4, 0.5) is 5.82 Å². The van der Waals surface area contributed by atoms with Crippen molar-refractivity contribution in [3.63, 3.8) is 0 Å². The molecular formula is C17H19BrN2O. The van der Waals surface area contributed by atoms with E-state index >= 15 is 0 Å². The lowest BCUT2D eigenvalue weighted by molar-refractivity contribution is 0.0605. The minimum absolute atomic E-state index is 0.275. The van der Waals surface area contributed by atoms with Gasteiger partial charge in [-0.15, -0.1) is 0 Å². The zero-order valence-electron chi connectivity index (χ0n) is 11.8. The minimum atomic E-state index is 0.275. The first-order valence-corrected chi connectivity index (χ1v) is 8.13. The molecule has 0 radical (unpaired) electrons. The lowest BCUT2D eigenvalue weighted by Gasteiger charge is -2.31. The number of aromatic nitrogens is 1. The van der Waals surface area contributed by atoms with E-state index in [1.165, 1.54) is 5.56 Å². The maximum Gasteiger partial charge on any atom is 0.127 e. The van der Waals surface area contributed by atoms with Crippen molar-refractivity contribution in [2.75, 3.05) is 18.5 Å². The predicted molar refractivity (Wildman–Crippen MR) is 88.3 cm³/mol. The number of halogens is 1. The van der Waals surface area contributed by atoms with Crippen LogP contribution in [0.25, 0.3) is 0 Å². The highest BCUT2D eigenvalue weighted by Gasteiger charge is 2.25. The molecule has 1 aliphatic heterocycles. The van der Waals surface area contributed by atoms with Gasteiger partial charge in [0.2, 0.25) is 0 Å². The fraction of sp³-hybridized carbons (Fsp3) is 0.353. The Morgan fingerprint density at radius 3 is 2.62 bits per heavy atom. The molecule has 0 saturated carbocycles. The van der Waals surface area contributed by atoms with Crippen LogP contribution in [0, 0.1) is 5.92 Å². The van der Waals surface area contributed by atoms with Gasteiger partial charge in [-0.3, -0.25) is 0 Å². The fourth-order valence-electron chi connectivity index (χ4n) is 2.83. The average Bonchev–Trinajstić information content (AvgIpc) is 2.54. The molecule has 110 valence electrons. The summed E-state index contributed by atoms with van der Waals surface area (Å²) in [5.74, 6) is 1.48. The largest absolute Gasteiger partial charge is 0.381 e. The highest BCUT2D eigenvalue weighted by molar-refractivity contribution is 9.10. The molecule has 1 fully saturated rings. The van der Waals surface area contributed by atoms with Crippen LogP contribution in [0.1, 0.15) is 24.4 Å². The molecule has 1 aliphatic rings. The average molecular weight is 347 g/mol. The lowest BCUT2D eigenvalue weighted by atomic mass is 9.87. The number of rotatable bonds is 4. The van der Waals surface area contributed by atoms with Crippen LogP contribution in [0.15, 0.2) is 53.1 Å². The zero-order chi connectivity index (χ0) is 14.5. The Morgan fingerprint density at radius 1 is 1.14 bits per heavy atom. The van der Waals surface area contributed by atoms with Crippen LogP contribution in [-0.2, 0) is 4.74 Å². The summed E-state index contributed by atoms with van der Waals surface area (Å²) in [7, 11) is 0. The Bertz CT molecular complexity index is 570. The number of benzene rings is 1. The summed E-state index contributed by atoms with van der Waals surface area (Å²) in [4.78, 5) is 4.43. The first-order valence-electron chi connectivity index (χ1n) is 7.34. The quantitative estimate of drug-likeness (QED) is 0.889. The molecule has 0 aliphatic carbocycles. The second-order valence-electron chi connectivity index (χ2n) is 5.34. The highest BCUT2D eigenvalue weighted by Crippen LogP contribution is 2.33. The topological polar surface area (TPSA) is 34.2 Å². The van der Waals surface area contributed by atoms with Crippen molar-refractivity contribution in [3.05, 3.63) is 58.7 Å². The van der Waals surface area contributed by atoms with E-state index in [0.29, 0.717) is 5.92 Å². The summed E-state index contributed by atoms with van der Waals surface area (Å²) >= 11 is 3.50. The molecule has 2 heterocycles. The predicted octanol–water partition coefficient (Wildman–Crippen LogP) is 4.42. The zero-order valence-corrected chi connectivity index (χ0v) is 13.4. The second-order valence-corrected chi connectivity index (χ2v) is 6.26. The molecule has 1 saturated heterocycles. The first-order chi connectivity index (χ1) is 10.3. The van der Waals surface area contributed by atoms with Crippen LogP contribution in [-0.4, -0.2) is 18.2 Å². The van der Waals surface area contributed by atoms with Crippen LogP contribution in [0.5, 0.6) is 0 Å². The molecule has 3 rings (SSSR count). The number of pyridine rings is 1. The third kappa shape index (κ3) is 3.83. The van der Waals surface area contributed by atoms with E-state index in [1.807, 2.05) is 18.3 Å². The Balaban J connectivity index is 1.85. The molecule has 0 bridgehead atoms. The molecule has 1 aromatic carbocycles. The molecule has 0 amide bonds. The monoisotopic (exact) mass is 346 g/mol. The minimum Gasteiger partial charge on any atom is -0.381 e. The highest BCUT2D eigenvalue weighted by atomic mass is 79.9. The molecule has 1 aromatic heterocycles. The molecule has 2 aromatic rings. The summed E-state index contributed by atoms with van der Waals surface area (Å²) in [6.07, 6.45) is 3.99. The summed E-state index contributed by atoms with van der Waals surface area (Å²) in [5, 5.41) is 3.61. The number of hydrogen-bond acceptors (Lipinski definition) is 3. The number of nitrogens with one attached hydrogen (secondary N) is 1. The van der Waals surface area contributed by atoms with Gasteiger partial charge in [-0.1, -0.05) is 46.3 Å². The van der Waals surface area contributed by atoms with Crippen molar-refractivity contribution in [2.45, 2.75) is 18.9 Å². The standard InChI is InChI=1S/C17H19BrN2O/c18-15-6-9-19-16(12-15)20-17(13-4-2-1-3-5-13)14-7-10-21-11-8-14/h1-6,9,12,14,17H,7-8,10-11H2,(H,19,20). The number of anilines is 1. The Labute approximate surface area is 133 Å². The Kier molecular flexibility index (Phi) is 4.88. The summed E-state index contributed by atoms with van der Waals surface area (Å²) in [5.41, 5.74) is 1.31. The molecule has 1 N–H and O–H groups in total. The van der Waals surface area contributed by atoms with Crippen molar-refractivity contribution < 1.29 is 4.74 Å². The summed E-state index contributed by atoms with van der Waals surface area (Å²) in [6.45, 7) is 1.70.